The summed E-state index contributed by atoms with van der Waals surface area (Å²) in [4.78, 5) is 12.4. The summed E-state index contributed by atoms with van der Waals surface area (Å²) < 4.78 is 5.75. The van der Waals surface area contributed by atoms with Crippen molar-refractivity contribution >= 4 is 5.91 Å². The fourth-order valence-corrected chi connectivity index (χ4v) is 3.44. The summed E-state index contributed by atoms with van der Waals surface area (Å²) >= 11 is 0. The Labute approximate surface area is 116 Å². The van der Waals surface area contributed by atoms with E-state index in [4.69, 9.17) is 4.74 Å². The lowest BCUT2D eigenvalue weighted by molar-refractivity contribution is -0.127. The smallest absolute Gasteiger partial charge is 0.226 e. The number of ether oxygens (including phenoxy) is 1. The van der Waals surface area contributed by atoms with E-state index in [-0.39, 0.29) is 24.0 Å². The summed E-state index contributed by atoms with van der Waals surface area (Å²) in [5, 5.41) is 6.55. The van der Waals surface area contributed by atoms with Crippen LogP contribution in [0.3, 0.4) is 0 Å². The predicted molar refractivity (Wildman–Crippen MR) is 75.8 cm³/mol. The van der Waals surface area contributed by atoms with Gasteiger partial charge in [-0.3, -0.25) is 4.79 Å². The molecule has 2 aliphatic rings. The van der Waals surface area contributed by atoms with Gasteiger partial charge in [0.2, 0.25) is 5.91 Å². The van der Waals surface area contributed by atoms with Crippen LogP contribution in [0.4, 0.5) is 0 Å². The number of carbonyl (C=O) groups excluding carboxylic acids is 1. The highest BCUT2D eigenvalue weighted by Crippen LogP contribution is 2.32. The van der Waals surface area contributed by atoms with Crippen LogP contribution in [0.15, 0.2) is 0 Å². The molecule has 0 aromatic carbocycles. The van der Waals surface area contributed by atoms with Crippen LogP contribution >= 0.6 is 0 Å². The Morgan fingerprint density at radius 3 is 2.58 bits per heavy atom. The molecule has 0 aliphatic carbocycles. The number of rotatable bonds is 3. The number of hydrogen-bond donors (Lipinski definition) is 2. The van der Waals surface area contributed by atoms with E-state index in [0.717, 1.165) is 26.1 Å². The van der Waals surface area contributed by atoms with Gasteiger partial charge in [-0.15, -0.1) is 0 Å². The third-order valence-electron chi connectivity index (χ3n) is 5.05. The third kappa shape index (κ3) is 3.29. The number of amides is 1. The second kappa shape index (κ2) is 6.23. The van der Waals surface area contributed by atoms with E-state index >= 15 is 0 Å². The first-order valence-electron chi connectivity index (χ1n) is 7.64. The molecule has 0 aromatic heterocycles. The van der Waals surface area contributed by atoms with Crippen LogP contribution in [-0.2, 0) is 9.53 Å². The van der Waals surface area contributed by atoms with Crippen LogP contribution in [0.2, 0.25) is 0 Å². The van der Waals surface area contributed by atoms with Gasteiger partial charge in [0.25, 0.3) is 0 Å². The molecule has 2 N–H and O–H groups in total. The van der Waals surface area contributed by atoms with Gasteiger partial charge in [0.1, 0.15) is 0 Å². The molecule has 110 valence electrons. The average molecular weight is 268 g/mol. The third-order valence-corrected chi connectivity index (χ3v) is 5.05. The summed E-state index contributed by atoms with van der Waals surface area (Å²) in [5.74, 6) is 1.74. The van der Waals surface area contributed by atoms with Crippen molar-refractivity contribution in [3.8, 4) is 0 Å². The standard InChI is InChI=1S/C15H28N2O2/c1-9-7-16-6-5-13(9)8-17-15(18)14-10(2)11(3)19-12(14)4/h9-14,16H,5-8H2,1-4H3,(H,17,18). The number of carbonyl (C=O) groups is 1. The van der Waals surface area contributed by atoms with Gasteiger partial charge in [-0.2, -0.15) is 0 Å². The molecule has 6 atom stereocenters. The van der Waals surface area contributed by atoms with Crippen molar-refractivity contribution in [2.45, 2.75) is 46.3 Å². The van der Waals surface area contributed by atoms with Gasteiger partial charge in [-0.25, -0.2) is 0 Å². The zero-order chi connectivity index (χ0) is 14.0. The minimum absolute atomic E-state index is 0.00650. The fourth-order valence-electron chi connectivity index (χ4n) is 3.44. The van der Waals surface area contributed by atoms with E-state index in [1.807, 2.05) is 6.92 Å². The largest absolute Gasteiger partial charge is 0.374 e. The van der Waals surface area contributed by atoms with Crippen molar-refractivity contribution in [1.29, 1.82) is 0 Å². The first-order chi connectivity index (χ1) is 9.00. The molecule has 2 rings (SSSR count). The molecule has 0 radical (unpaired) electrons. The van der Waals surface area contributed by atoms with Crippen LogP contribution in [0.25, 0.3) is 0 Å². The Morgan fingerprint density at radius 2 is 2.00 bits per heavy atom. The van der Waals surface area contributed by atoms with Gasteiger partial charge in [0.05, 0.1) is 18.1 Å². The van der Waals surface area contributed by atoms with Crippen molar-refractivity contribution in [3.63, 3.8) is 0 Å². The molecule has 0 spiro atoms. The molecule has 4 heteroatoms. The van der Waals surface area contributed by atoms with Crippen molar-refractivity contribution in [1.82, 2.24) is 10.6 Å². The molecule has 2 heterocycles. The zero-order valence-electron chi connectivity index (χ0n) is 12.6. The second-order valence-corrected chi connectivity index (χ2v) is 6.41. The van der Waals surface area contributed by atoms with Crippen molar-refractivity contribution in [2.24, 2.45) is 23.7 Å². The van der Waals surface area contributed by atoms with Crippen molar-refractivity contribution < 1.29 is 9.53 Å². The highest BCUT2D eigenvalue weighted by molar-refractivity contribution is 5.79. The Bertz CT molecular complexity index is 321. The minimum Gasteiger partial charge on any atom is -0.374 e. The number of nitrogens with one attached hydrogen (secondary N) is 2. The van der Waals surface area contributed by atoms with Gasteiger partial charge in [-0.05, 0) is 51.1 Å². The normalized spacial score (nSPS) is 43.2. The van der Waals surface area contributed by atoms with Crippen LogP contribution < -0.4 is 10.6 Å². The van der Waals surface area contributed by atoms with E-state index in [0.29, 0.717) is 17.8 Å². The molecular weight excluding hydrogens is 240 g/mol. The second-order valence-electron chi connectivity index (χ2n) is 6.41. The first kappa shape index (κ1) is 14.8. The van der Waals surface area contributed by atoms with E-state index in [2.05, 4.69) is 31.4 Å². The molecule has 2 fully saturated rings. The topological polar surface area (TPSA) is 50.4 Å². The molecule has 2 saturated heterocycles. The molecule has 0 aromatic rings. The van der Waals surface area contributed by atoms with Gasteiger partial charge in [-0.1, -0.05) is 13.8 Å². The molecule has 2 aliphatic heterocycles. The van der Waals surface area contributed by atoms with Gasteiger partial charge >= 0.3 is 0 Å². The monoisotopic (exact) mass is 268 g/mol. The molecule has 4 nitrogen and oxygen atoms in total. The maximum atomic E-state index is 12.4. The van der Waals surface area contributed by atoms with Crippen LogP contribution in [-0.4, -0.2) is 37.7 Å². The van der Waals surface area contributed by atoms with Gasteiger partial charge in [0.15, 0.2) is 0 Å². The molecule has 19 heavy (non-hydrogen) atoms. The summed E-state index contributed by atoms with van der Waals surface area (Å²) in [5.41, 5.74) is 0. The lowest BCUT2D eigenvalue weighted by Gasteiger charge is -2.30. The molecule has 6 unspecified atom stereocenters. The van der Waals surface area contributed by atoms with Crippen LogP contribution in [0, 0.1) is 23.7 Å². The minimum atomic E-state index is 0.00650. The van der Waals surface area contributed by atoms with Crippen molar-refractivity contribution in [2.75, 3.05) is 19.6 Å². The van der Waals surface area contributed by atoms with E-state index in [1.165, 1.54) is 0 Å². The summed E-state index contributed by atoms with van der Waals surface area (Å²) in [6.45, 7) is 11.4. The Balaban J connectivity index is 1.84. The van der Waals surface area contributed by atoms with Crippen LogP contribution in [0.1, 0.15) is 34.1 Å². The number of piperidine rings is 1. The SMILES string of the molecule is CC1CNCCC1CNC(=O)C1C(C)OC(C)C1C. The summed E-state index contributed by atoms with van der Waals surface area (Å²) in [6.07, 6.45) is 1.38. The lowest BCUT2D eigenvalue weighted by Crippen LogP contribution is -2.44. The molecule has 0 saturated carbocycles. The lowest BCUT2D eigenvalue weighted by atomic mass is 9.86. The maximum Gasteiger partial charge on any atom is 0.226 e. The Kier molecular flexibility index (Phi) is 4.85. The van der Waals surface area contributed by atoms with Gasteiger partial charge in [0, 0.05) is 6.54 Å². The fraction of sp³-hybridized carbons (Fsp3) is 0.933. The molecular formula is C15H28N2O2. The van der Waals surface area contributed by atoms with E-state index in [9.17, 15) is 4.79 Å². The van der Waals surface area contributed by atoms with Crippen LogP contribution in [0.5, 0.6) is 0 Å². The predicted octanol–water partition coefficient (Wildman–Crippen LogP) is 1.41. The van der Waals surface area contributed by atoms with Crippen molar-refractivity contribution in [3.05, 3.63) is 0 Å². The summed E-state index contributed by atoms with van der Waals surface area (Å²) in [7, 11) is 0. The number of hydrogen-bond acceptors (Lipinski definition) is 3. The Morgan fingerprint density at radius 1 is 1.26 bits per heavy atom. The summed E-state index contributed by atoms with van der Waals surface area (Å²) in [6, 6.07) is 0. The highest BCUT2D eigenvalue weighted by Gasteiger charge is 2.41. The van der Waals surface area contributed by atoms with Gasteiger partial charge < -0.3 is 15.4 Å². The Hall–Kier alpha value is -0.610. The zero-order valence-corrected chi connectivity index (χ0v) is 12.6. The van der Waals surface area contributed by atoms with E-state index in [1.54, 1.807) is 0 Å². The van der Waals surface area contributed by atoms with E-state index < -0.39 is 0 Å². The maximum absolute atomic E-state index is 12.4. The highest BCUT2D eigenvalue weighted by atomic mass is 16.5. The molecule has 0 bridgehead atoms. The molecule has 1 amide bonds. The first-order valence-corrected chi connectivity index (χ1v) is 7.64. The quantitative estimate of drug-likeness (QED) is 0.813. The average Bonchev–Trinajstić information content (AvgIpc) is 2.62.